The molecule has 0 radical (unpaired) electrons. The summed E-state index contributed by atoms with van der Waals surface area (Å²) < 4.78 is 7.15. The summed E-state index contributed by atoms with van der Waals surface area (Å²) in [5.41, 5.74) is 2.97. The van der Waals surface area contributed by atoms with E-state index in [2.05, 4.69) is 69.7 Å². The topological polar surface area (TPSA) is 66.9 Å². The zero-order chi connectivity index (χ0) is 20.4. The van der Waals surface area contributed by atoms with E-state index in [1.54, 1.807) is 12.4 Å². The minimum atomic E-state index is -0.153. The molecule has 2 atom stereocenters. The van der Waals surface area contributed by atoms with Gasteiger partial charge in [-0.1, -0.05) is 0 Å². The zero-order valence-corrected chi connectivity index (χ0v) is 20.8. The Balaban J connectivity index is 0.000000159. The van der Waals surface area contributed by atoms with Crippen LogP contribution in [0, 0.1) is 3.57 Å². The van der Waals surface area contributed by atoms with Crippen LogP contribution in [0.25, 0.3) is 11.3 Å². The number of pyridine rings is 2. The van der Waals surface area contributed by atoms with Gasteiger partial charge in [0.05, 0.1) is 24.2 Å². The highest BCUT2D eigenvalue weighted by molar-refractivity contribution is 14.1. The Morgan fingerprint density at radius 2 is 1.62 bits per heavy atom. The van der Waals surface area contributed by atoms with Crippen LogP contribution >= 0.6 is 54.5 Å². The van der Waals surface area contributed by atoms with Gasteiger partial charge >= 0.3 is 0 Å². The normalized spacial score (nSPS) is 19.2. The Kier molecular flexibility index (Phi) is 6.77. The van der Waals surface area contributed by atoms with Gasteiger partial charge in [-0.3, -0.25) is 8.80 Å². The molecule has 0 saturated heterocycles. The predicted octanol–water partition coefficient (Wildman–Crippen LogP) is 5.51. The van der Waals surface area contributed by atoms with Crippen LogP contribution in [0.5, 0.6) is 0 Å². The van der Waals surface area contributed by atoms with E-state index in [-0.39, 0.29) is 6.10 Å². The first-order chi connectivity index (χ1) is 14.0. The van der Waals surface area contributed by atoms with Gasteiger partial charge in [-0.25, -0.2) is 9.97 Å². The molecular formula is C20H20Br2IN5O. The molecule has 1 saturated carbocycles. The maximum Gasteiger partial charge on any atom is 0.137 e. The average Bonchev–Trinajstić information content (AvgIpc) is 3.25. The molecule has 1 fully saturated rings. The summed E-state index contributed by atoms with van der Waals surface area (Å²) in [5, 5.41) is 13.2. The molecule has 0 amide bonds. The van der Waals surface area contributed by atoms with E-state index in [1.165, 1.54) is 3.57 Å². The Labute approximate surface area is 199 Å². The Bertz CT molecular complexity index is 1130. The van der Waals surface area contributed by atoms with Gasteiger partial charge in [-0.2, -0.15) is 0 Å². The monoisotopic (exact) mass is 631 g/mol. The van der Waals surface area contributed by atoms with Crippen molar-refractivity contribution in [3.63, 3.8) is 0 Å². The van der Waals surface area contributed by atoms with Crippen molar-refractivity contribution in [2.75, 3.05) is 5.32 Å². The molecule has 29 heavy (non-hydrogen) atoms. The van der Waals surface area contributed by atoms with Crippen molar-refractivity contribution in [3.8, 4) is 0 Å². The second-order valence-electron chi connectivity index (χ2n) is 7.05. The number of aliphatic hydroxyl groups is 1. The van der Waals surface area contributed by atoms with Gasteiger partial charge in [0.1, 0.15) is 20.5 Å². The van der Waals surface area contributed by atoms with Crippen LogP contribution in [-0.4, -0.2) is 36.0 Å². The van der Waals surface area contributed by atoms with E-state index in [1.807, 2.05) is 45.5 Å². The number of aliphatic hydroxyl groups excluding tert-OH is 1. The maximum atomic E-state index is 9.68. The molecule has 152 valence electrons. The van der Waals surface area contributed by atoms with Crippen molar-refractivity contribution in [1.29, 1.82) is 0 Å². The molecule has 4 heterocycles. The van der Waals surface area contributed by atoms with Crippen molar-refractivity contribution < 1.29 is 5.11 Å². The van der Waals surface area contributed by atoms with Gasteiger partial charge in [0.2, 0.25) is 0 Å². The van der Waals surface area contributed by atoms with Gasteiger partial charge in [0, 0.05) is 22.0 Å². The Hall–Kier alpha value is -1.17. The fraction of sp³-hybridized carbons (Fsp3) is 0.300. The molecule has 4 aromatic heterocycles. The number of hydrogen-bond donors (Lipinski definition) is 2. The lowest BCUT2D eigenvalue weighted by Gasteiger charge is -2.27. The first kappa shape index (κ1) is 21.1. The van der Waals surface area contributed by atoms with Crippen LogP contribution < -0.4 is 5.32 Å². The number of nitrogens with zero attached hydrogens (tertiary/aromatic N) is 4. The van der Waals surface area contributed by atoms with E-state index in [9.17, 15) is 5.11 Å². The number of nitrogens with one attached hydrogen (secondary N) is 1. The molecule has 0 aromatic carbocycles. The molecule has 9 heteroatoms. The largest absolute Gasteiger partial charge is 0.393 e. The number of anilines is 1. The number of aromatic nitrogens is 4. The molecule has 0 spiro atoms. The number of fused-ring (bicyclic) bond motifs is 2. The van der Waals surface area contributed by atoms with Gasteiger partial charge in [0.15, 0.2) is 0 Å². The second kappa shape index (κ2) is 9.32. The summed E-state index contributed by atoms with van der Waals surface area (Å²) in [6.45, 7) is 0. The van der Waals surface area contributed by atoms with Gasteiger partial charge in [0.25, 0.3) is 0 Å². The van der Waals surface area contributed by atoms with Gasteiger partial charge in [-0.05, 0) is 104 Å². The lowest BCUT2D eigenvalue weighted by Crippen LogP contribution is -2.29. The lowest BCUT2D eigenvalue weighted by atomic mass is 9.93. The molecule has 5 rings (SSSR count). The van der Waals surface area contributed by atoms with Crippen LogP contribution in [0.1, 0.15) is 25.7 Å². The smallest absolute Gasteiger partial charge is 0.137 e. The van der Waals surface area contributed by atoms with Crippen LogP contribution in [-0.2, 0) is 0 Å². The molecule has 6 nitrogen and oxygen atoms in total. The molecule has 4 aromatic rings. The fourth-order valence-electron chi connectivity index (χ4n) is 3.49. The first-order valence-electron chi connectivity index (χ1n) is 9.35. The summed E-state index contributed by atoms with van der Waals surface area (Å²) in [7, 11) is 0. The van der Waals surface area contributed by atoms with Crippen LogP contribution in [0.4, 0.5) is 5.69 Å². The third kappa shape index (κ3) is 5.12. The molecular weight excluding hydrogens is 613 g/mol. The summed E-state index contributed by atoms with van der Waals surface area (Å²) in [4.78, 5) is 8.44. The molecule has 0 bridgehead atoms. The first-order valence-corrected chi connectivity index (χ1v) is 12.0. The van der Waals surface area contributed by atoms with Crippen molar-refractivity contribution in [3.05, 3.63) is 61.8 Å². The highest BCUT2D eigenvalue weighted by Crippen LogP contribution is 2.23. The number of rotatable bonds is 2. The standard InChI is InChI=1S/C13H16BrN3O.C7H4BrIN2/c14-12-7-15-13-5-4-10(8-17(12)13)16-9-2-1-3-11(18)6-9;8-6-3-10-7-2-1-5(9)4-11(6)7/h4-5,7-9,11,16,18H,1-3,6H2;1-4H/t9-,11-;/m0./s1. The number of halogens is 3. The van der Waals surface area contributed by atoms with E-state index < -0.39 is 0 Å². The quantitative estimate of drug-likeness (QED) is 0.286. The maximum absolute atomic E-state index is 9.68. The molecule has 1 aliphatic carbocycles. The zero-order valence-electron chi connectivity index (χ0n) is 15.5. The van der Waals surface area contributed by atoms with Crippen LogP contribution in [0.3, 0.4) is 0 Å². The average molecular weight is 633 g/mol. The summed E-state index contributed by atoms with van der Waals surface area (Å²) >= 11 is 9.14. The van der Waals surface area contributed by atoms with E-state index >= 15 is 0 Å². The highest BCUT2D eigenvalue weighted by atomic mass is 127. The summed E-state index contributed by atoms with van der Waals surface area (Å²) in [6.07, 6.45) is 11.5. The van der Waals surface area contributed by atoms with Gasteiger partial charge < -0.3 is 10.4 Å². The minimum Gasteiger partial charge on any atom is -0.393 e. The van der Waals surface area contributed by atoms with Crippen LogP contribution in [0.2, 0.25) is 0 Å². The molecule has 2 N–H and O–H groups in total. The van der Waals surface area contributed by atoms with Crippen molar-refractivity contribution in [1.82, 2.24) is 18.8 Å². The van der Waals surface area contributed by atoms with Crippen molar-refractivity contribution in [2.24, 2.45) is 0 Å². The molecule has 0 unspecified atom stereocenters. The third-order valence-electron chi connectivity index (χ3n) is 4.90. The van der Waals surface area contributed by atoms with Crippen LogP contribution in [0.15, 0.2) is 58.3 Å². The van der Waals surface area contributed by atoms with Gasteiger partial charge in [-0.15, -0.1) is 0 Å². The van der Waals surface area contributed by atoms with E-state index in [4.69, 9.17) is 0 Å². The van der Waals surface area contributed by atoms with E-state index in [0.29, 0.717) is 6.04 Å². The Morgan fingerprint density at radius 1 is 0.966 bits per heavy atom. The summed E-state index contributed by atoms with van der Waals surface area (Å²) in [6, 6.07) is 8.43. The highest BCUT2D eigenvalue weighted by Gasteiger charge is 2.19. The van der Waals surface area contributed by atoms with Crippen molar-refractivity contribution in [2.45, 2.75) is 37.8 Å². The van der Waals surface area contributed by atoms with Crippen molar-refractivity contribution >= 4 is 71.4 Å². The summed E-state index contributed by atoms with van der Waals surface area (Å²) in [5.74, 6) is 0. The SMILES string of the molecule is Brc1cnc2ccc(I)cn12.O[C@H]1CCC[C@H](Nc2ccc3ncc(Br)n3c2)C1. The molecule has 0 aliphatic heterocycles. The number of hydrogen-bond acceptors (Lipinski definition) is 4. The number of imidazole rings is 2. The second-order valence-corrected chi connectivity index (χ2v) is 9.92. The minimum absolute atomic E-state index is 0.153. The molecule has 1 aliphatic rings. The third-order valence-corrected chi connectivity index (χ3v) is 6.71. The van der Waals surface area contributed by atoms with E-state index in [0.717, 1.165) is 51.9 Å². The fourth-order valence-corrected chi connectivity index (χ4v) is 4.72. The Morgan fingerprint density at radius 3 is 2.31 bits per heavy atom. The lowest BCUT2D eigenvalue weighted by molar-refractivity contribution is 0.124. The predicted molar refractivity (Wildman–Crippen MR) is 130 cm³/mol.